The summed E-state index contributed by atoms with van der Waals surface area (Å²) in [4.78, 5) is 16.6. The van der Waals surface area contributed by atoms with Crippen LogP contribution in [0.2, 0.25) is 19.6 Å². The third-order valence-corrected chi connectivity index (χ3v) is 11.8. The molecular formula is C42H54IrNO2SSi-. The molecule has 0 bridgehead atoms. The molecule has 6 heteroatoms. The first-order valence-corrected chi connectivity index (χ1v) is 21.9. The van der Waals surface area contributed by atoms with Crippen LogP contribution in [0.4, 0.5) is 0 Å². The second-order valence-corrected chi connectivity index (χ2v) is 21.6. The zero-order valence-corrected chi connectivity index (χ0v) is 34.8. The summed E-state index contributed by atoms with van der Waals surface area (Å²) in [5, 5.41) is 14.8. The van der Waals surface area contributed by atoms with Gasteiger partial charge in [0.25, 0.3) is 0 Å². The normalized spacial score (nSPS) is 12.5. The molecule has 3 aromatic carbocycles. The fraction of sp³-hybridized carbons (Fsp3) is 0.429. The number of aromatic nitrogens is 1. The van der Waals surface area contributed by atoms with Crippen LogP contribution in [0.1, 0.15) is 85.3 Å². The summed E-state index contributed by atoms with van der Waals surface area (Å²) in [6.07, 6.45) is 6.86. The topological polar surface area (TPSA) is 50.2 Å². The molecule has 0 fully saturated rings. The Morgan fingerprint density at radius 1 is 0.896 bits per heavy atom. The predicted molar refractivity (Wildman–Crippen MR) is 209 cm³/mol. The van der Waals surface area contributed by atoms with Gasteiger partial charge in [0.2, 0.25) is 0 Å². The largest absolute Gasteiger partial charge is 0.512 e. The van der Waals surface area contributed by atoms with Gasteiger partial charge in [-0.15, -0.1) is 40.5 Å². The number of carbonyl (C=O) groups is 1. The summed E-state index contributed by atoms with van der Waals surface area (Å²) in [6, 6.07) is 25.0. The monoisotopic (exact) mass is 857 g/mol. The maximum atomic E-state index is 11.7. The number of aliphatic hydroxyl groups excluding tert-OH is 1. The van der Waals surface area contributed by atoms with Crippen LogP contribution in [0.15, 0.2) is 72.6 Å². The van der Waals surface area contributed by atoms with Crippen molar-refractivity contribution in [2.24, 2.45) is 11.8 Å². The Morgan fingerprint density at radius 2 is 1.54 bits per heavy atom. The Kier molecular flexibility index (Phi) is 14.0. The zero-order chi connectivity index (χ0) is 34.5. The minimum Gasteiger partial charge on any atom is -0.512 e. The van der Waals surface area contributed by atoms with Crippen molar-refractivity contribution in [3.05, 3.63) is 89.8 Å². The van der Waals surface area contributed by atoms with E-state index < -0.39 is 8.07 Å². The first-order valence-electron chi connectivity index (χ1n) is 17.4. The molecule has 0 aliphatic rings. The van der Waals surface area contributed by atoms with E-state index in [1.807, 2.05) is 45.2 Å². The van der Waals surface area contributed by atoms with Gasteiger partial charge in [0.15, 0.2) is 5.78 Å². The molecule has 0 spiro atoms. The maximum Gasteiger partial charge on any atom is 0.162 e. The van der Waals surface area contributed by atoms with E-state index in [9.17, 15) is 9.90 Å². The summed E-state index contributed by atoms with van der Waals surface area (Å²) < 4.78 is 2.63. The van der Waals surface area contributed by atoms with Crippen molar-refractivity contribution in [2.45, 2.75) is 105 Å². The molecule has 5 aromatic rings. The Bertz CT molecular complexity index is 1870. The molecule has 3 nitrogen and oxygen atoms in total. The van der Waals surface area contributed by atoms with Crippen molar-refractivity contribution in [3.8, 4) is 11.3 Å². The smallest absolute Gasteiger partial charge is 0.162 e. The van der Waals surface area contributed by atoms with Crippen LogP contribution in [0.5, 0.6) is 0 Å². The van der Waals surface area contributed by atoms with Crippen LogP contribution in [-0.4, -0.2) is 23.9 Å². The van der Waals surface area contributed by atoms with E-state index in [2.05, 4.69) is 101 Å². The summed E-state index contributed by atoms with van der Waals surface area (Å²) in [5.41, 5.74) is 4.99. The van der Waals surface area contributed by atoms with Crippen LogP contribution in [0.25, 0.3) is 42.2 Å². The molecule has 1 N–H and O–H groups in total. The third-order valence-electron chi connectivity index (χ3n) is 9.11. The number of carbonyl (C=O) groups excluding carboxylic acids is 1. The fourth-order valence-corrected chi connectivity index (χ4v) is 9.13. The minimum absolute atomic E-state index is 0. The molecule has 0 saturated heterocycles. The Balaban J connectivity index is 0.000000334. The Hall–Kier alpha value is -2.63. The first-order chi connectivity index (χ1) is 22.2. The quantitative estimate of drug-likeness (QED) is 0.0659. The van der Waals surface area contributed by atoms with Crippen molar-refractivity contribution < 1.29 is 30.0 Å². The molecule has 0 saturated carbocycles. The number of fused-ring (bicyclic) bond motifs is 4. The summed E-state index contributed by atoms with van der Waals surface area (Å²) in [5.74, 6) is 0.547. The predicted octanol–water partition coefficient (Wildman–Crippen LogP) is 12.7. The van der Waals surface area contributed by atoms with Crippen LogP contribution in [0.3, 0.4) is 0 Å². The van der Waals surface area contributed by atoms with Gasteiger partial charge >= 0.3 is 0 Å². The standard InChI is InChI=1S/C29H30NSSi.C13H24O2.Ir/c1-29(2,3)25-17-21(16-20-9-7-8-10-22(20)25)27-28-24(13-14-30-27)23-12-11-19(15-26(23)31-28)18-32(4,5)6;1-5-10(6-2)12(14)9-13(15)11(7-3)8-4;/h7-15,17H,18H2,1-6H3;9-11,14H,5-8H2,1-4H3;/q-1;;/b;12-9-;. The molecule has 0 aliphatic heterocycles. The first kappa shape index (κ1) is 39.8. The van der Waals surface area contributed by atoms with Gasteiger partial charge in [-0.05, 0) is 65.6 Å². The SMILES string of the molecule is CC(C)(C)c1cc(-c2nccc3c2sc2cc(C[Si](C)(C)C)ccc23)[c-]c2ccccc12.CCC(CC)C(=O)/C=C(\O)C(CC)CC.[Ir]. The number of rotatable bonds is 10. The zero-order valence-electron chi connectivity index (χ0n) is 30.6. The van der Waals surface area contributed by atoms with Gasteiger partial charge in [0, 0.05) is 67.4 Å². The van der Waals surface area contributed by atoms with Crippen LogP contribution in [0, 0.1) is 17.9 Å². The van der Waals surface area contributed by atoms with E-state index in [1.54, 1.807) is 0 Å². The second kappa shape index (κ2) is 16.9. The number of aliphatic hydroxyl groups is 1. The number of nitrogens with zero attached hydrogens (tertiary/aromatic N) is 1. The van der Waals surface area contributed by atoms with Crippen LogP contribution in [-0.2, 0) is 36.4 Å². The molecular weight excluding hydrogens is 803 g/mol. The van der Waals surface area contributed by atoms with Crippen molar-refractivity contribution in [3.63, 3.8) is 0 Å². The number of allylic oxidation sites excluding steroid dienone is 2. The van der Waals surface area contributed by atoms with Crippen LogP contribution < -0.4 is 0 Å². The molecule has 0 unspecified atom stereocenters. The van der Waals surface area contributed by atoms with Gasteiger partial charge in [-0.2, -0.15) is 0 Å². The fourth-order valence-electron chi connectivity index (χ4n) is 6.42. The molecule has 48 heavy (non-hydrogen) atoms. The molecule has 2 heterocycles. The molecule has 0 amide bonds. The maximum absolute atomic E-state index is 11.7. The van der Waals surface area contributed by atoms with E-state index in [0.717, 1.165) is 42.3 Å². The second-order valence-electron chi connectivity index (χ2n) is 15.1. The van der Waals surface area contributed by atoms with Crippen molar-refractivity contribution in [2.75, 3.05) is 0 Å². The van der Waals surface area contributed by atoms with Crippen molar-refractivity contribution in [1.82, 2.24) is 4.98 Å². The third kappa shape index (κ3) is 9.53. The van der Waals surface area contributed by atoms with E-state index in [0.29, 0.717) is 0 Å². The number of hydrogen-bond acceptors (Lipinski definition) is 4. The number of hydrogen-bond donors (Lipinski definition) is 1. The van der Waals surface area contributed by atoms with Gasteiger partial charge in [0.1, 0.15) is 0 Å². The molecule has 5 rings (SSSR count). The van der Waals surface area contributed by atoms with E-state index in [-0.39, 0.29) is 48.9 Å². The van der Waals surface area contributed by atoms with E-state index in [4.69, 9.17) is 4.98 Å². The summed E-state index contributed by atoms with van der Waals surface area (Å²) in [6.45, 7) is 22.2. The minimum atomic E-state index is -1.15. The van der Waals surface area contributed by atoms with E-state index in [1.165, 1.54) is 48.8 Å². The van der Waals surface area contributed by atoms with Gasteiger partial charge in [-0.25, -0.2) is 0 Å². The van der Waals surface area contributed by atoms with Gasteiger partial charge in [-0.3, -0.25) is 9.78 Å². The van der Waals surface area contributed by atoms with Gasteiger partial charge in [0.05, 0.1) is 5.76 Å². The van der Waals surface area contributed by atoms with Gasteiger partial charge in [-0.1, -0.05) is 109 Å². The molecule has 0 atom stereocenters. The Morgan fingerprint density at radius 3 is 2.15 bits per heavy atom. The van der Waals surface area contributed by atoms with Crippen molar-refractivity contribution in [1.29, 1.82) is 0 Å². The number of benzene rings is 3. The summed E-state index contributed by atoms with van der Waals surface area (Å²) >= 11 is 1.87. The molecule has 2 aromatic heterocycles. The average Bonchev–Trinajstić information content (AvgIpc) is 3.38. The Labute approximate surface area is 307 Å². The molecule has 0 aliphatic carbocycles. The number of thiophene rings is 1. The van der Waals surface area contributed by atoms with Crippen LogP contribution >= 0.6 is 11.3 Å². The van der Waals surface area contributed by atoms with Crippen molar-refractivity contribution >= 4 is 56.1 Å². The van der Waals surface area contributed by atoms with E-state index >= 15 is 0 Å². The molecule has 1 radical (unpaired) electrons. The number of pyridine rings is 1. The molecule has 259 valence electrons. The average molecular weight is 857 g/mol. The summed E-state index contributed by atoms with van der Waals surface area (Å²) in [7, 11) is -1.15. The van der Waals surface area contributed by atoms with Gasteiger partial charge < -0.3 is 5.11 Å². The number of ketones is 1.